The molecule has 0 heterocycles. The molecule has 0 aliphatic carbocycles. The van der Waals surface area contributed by atoms with Crippen LogP contribution < -0.4 is 0 Å². The summed E-state index contributed by atoms with van der Waals surface area (Å²) in [5, 5.41) is 0. The minimum atomic E-state index is -0.608. The molecule has 0 spiro atoms. The Hall–Kier alpha value is -1.15. The van der Waals surface area contributed by atoms with Crippen LogP contribution in [0.3, 0.4) is 0 Å². The third kappa shape index (κ3) is 3.97. The lowest BCUT2D eigenvalue weighted by Crippen LogP contribution is -2.38. The van der Waals surface area contributed by atoms with Gasteiger partial charge in [-0.2, -0.15) is 0 Å². The van der Waals surface area contributed by atoms with Gasteiger partial charge in [-0.15, -0.1) is 0 Å². The van der Waals surface area contributed by atoms with Crippen molar-refractivity contribution in [3.05, 3.63) is 35.9 Å². The topological polar surface area (TPSA) is 26.3 Å². The van der Waals surface area contributed by atoms with Gasteiger partial charge in [-0.05, 0) is 32.3 Å². The van der Waals surface area contributed by atoms with Gasteiger partial charge < -0.3 is 4.74 Å². The van der Waals surface area contributed by atoms with Crippen molar-refractivity contribution < 1.29 is 9.53 Å². The Balaban J connectivity index is 2.54. The fraction of sp³-hybridized carbons (Fsp3) is 0.533. The third-order valence-electron chi connectivity index (χ3n) is 3.21. The highest BCUT2D eigenvalue weighted by Crippen LogP contribution is 2.19. The van der Waals surface area contributed by atoms with Gasteiger partial charge in [-0.1, -0.05) is 37.3 Å². The predicted octanol–water partition coefficient (Wildman–Crippen LogP) is 3.39. The number of Topliss-reactive ketones (excluding diaryl/α,β-unsaturated/α-hetero) is 1. The van der Waals surface area contributed by atoms with E-state index in [-0.39, 0.29) is 5.78 Å². The Morgan fingerprint density at radius 1 is 1.24 bits per heavy atom. The van der Waals surface area contributed by atoms with E-state index in [1.807, 2.05) is 39.0 Å². The zero-order valence-corrected chi connectivity index (χ0v) is 11.0. The second-order valence-electron chi connectivity index (χ2n) is 4.43. The van der Waals surface area contributed by atoms with Crippen molar-refractivity contribution in [3.63, 3.8) is 0 Å². The molecule has 1 unspecified atom stereocenters. The van der Waals surface area contributed by atoms with Crippen molar-refractivity contribution >= 4 is 5.78 Å². The summed E-state index contributed by atoms with van der Waals surface area (Å²) in [5.41, 5.74) is 0.597. The molecule has 17 heavy (non-hydrogen) atoms. The van der Waals surface area contributed by atoms with Crippen molar-refractivity contribution in [2.45, 2.75) is 45.6 Å². The van der Waals surface area contributed by atoms with Crippen molar-refractivity contribution in [2.24, 2.45) is 0 Å². The first kappa shape index (κ1) is 13.9. The van der Waals surface area contributed by atoms with Gasteiger partial charge in [-0.3, -0.25) is 4.79 Å². The van der Waals surface area contributed by atoms with Crippen LogP contribution in [0.5, 0.6) is 0 Å². The third-order valence-corrected chi connectivity index (χ3v) is 3.21. The van der Waals surface area contributed by atoms with Gasteiger partial charge in [0.25, 0.3) is 0 Å². The van der Waals surface area contributed by atoms with Crippen LogP contribution in [0.1, 0.15) is 39.2 Å². The molecular formula is C15H22O2. The first-order chi connectivity index (χ1) is 8.12. The molecule has 0 N–H and O–H groups in total. The Morgan fingerprint density at radius 2 is 1.88 bits per heavy atom. The second kappa shape index (κ2) is 6.55. The molecule has 0 saturated carbocycles. The molecule has 1 rings (SSSR count). The Kier molecular flexibility index (Phi) is 5.36. The molecule has 0 fully saturated rings. The maximum absolute atomic E-state index is 12.1. The number of ketones is 1. The molecule has 0 aliphatic rings. The summed E-state index contributed by atoms with van der Waals surface area (Å²) in [5.74, 6) is 0.200. The number of hydrogen-bond donors (Lipinski definition) is 0. The van der Waals surface area contributed by atoms with Crippen molar-refractivity contribution in [2.75, 3.05) is 6.61 Å². The molecule has 1 aromatic rings. The average molecular weight is 234 g/mol. The molecule has 94 valence electrons. The van der Waals surface area contributed by atoms with Gasteiger partial charge in [0.15, 0.2) is 5.78 Å². The van der Waals surface area contributed by atoms with E-state index < -0.39 is 5.60 Å². The van der Waals surface area contributed by atoms with E-state index in [0.717, 1.165) is 12.8 Å². The van der Waals surface area contributed by atoms with Gasteiger partial charge >= 0.3 is 0 Å². The van der Waals surface area contributed by atoms with E-state index in [9.17, 15) is 4.79 Å². The molecule has 0 amide bonds. The quantitative estimate of drug-likeness (QED) is 0.723. The average Bonchev–Trinajstić information content (AvgIpc) is 2.37. The van der Waals surface area contributed by atoms with Crippen molar-refractivity contribution in [3.8, 4) is 0 Å². The Bertz CT molecular complexity index is 345. The Labute approximate surface area is 104 Å². The summed E-state index contributed by atoms with van der Waals surface area (Å²) < 4.78 is 5.58. The van der Waals surface area contributed by atoms with Crippen LogP contribution in [0.15, 0.2) is 30.3 Å². The van der Waals surface area contributed by atoms with Gasteiger partial charge in [0.1, 0.15) is 5.60 Å². The lowest BCUT2D eigenvalue weighted by molar-refractivity contribution is -0.142. The molecule has 0 aliphatic heterocycles. The summed E-state index contributed by atoms with van der Waals surface area (Å²) in [4.78, 5) is 12.1. The van der Waals surface area contributed by atoms with E-state index in [0.29, 0.717) is 13.0 Å². The first-order valence-corrected chi connectivity index (χ1v) is 6.33. The molecule has 2 nitrogen and oxygen atoms in total. The van der Waals surface area contributed by atoms with Gasteiger partial charge in [-0.25, -0.2) is 0 Å². The minimum absolute atomic E-state index is 0.200. The fourth-order valence-electron chi connectivity index (χ4n) is 1.87. The number of benzene rings is 1. The maximum atomic E-state index is 12.1. The SMILES string of the molecule is CCOC(C)(CC)C(=O)CCc1ccccc1. The van der Waals surface area contributed by atoms with Crippen LogP contribution in [-0.2, 0) is 16.0 Å². The second-order valence-corrected chi connectivity index (χ2v) is 4.43. The highest BCUT2D eigenvalue weighted by molar-refractivity contribution is 5.87. The minimum Gasteiger partial charge on any atom is -0.368 e. The van der Waals surface area contributed by atoms with Crippen molar-refractivity contribution in [1.29, 1.82) is 0 Å². The summed E-state index contributed by atoms with van der Waals surface area (Å²) in [6, 6.07) is 10.1. The van der Waals surface area contributed by atoms with E-state index >= 15 is 0 Å². The summed E-state index contributed by atoms with van der Waals surface area (Å²) >= 11 is 0. The van der Waals surface area contributed by atoms with E-state index in [2.05, 4.69) is 12.1 Å². The van der Waals surface area contributed by atoms with Crippen LogP contribution >= 0.6 is 0 Å². The number of carbonyl (C=O) groups is 1. The Morgan fingerprint density at radius 3 is 2.41 bits per heavy atom. The predicted molar refractivity (Wildman–Crippen MR) is 70.1 cm³/mol. The molecule has 0 radical (unpaired) electrons. The molecule has 0 bridgehead atoms. The summed E-state index contributed by atoms with van der Waals surface area (Å²) in [6.45, 7) is 6.40. The van der Waals surface area contributed by atoms with E-state index in [4.69, 9.17) is 4.74 Å². The highest BCUT2D eigenvalue weighted by Gasteiger charge is 2.30. The van der Waals surface area contributed by atoms with Crippen molar-refractivity contribution in [1.82, 2.24) is 0 Å². The van der Waals surface area contributed by atoms with Crippen LogP contribution in [0.4, 0.5) is 0 Å². The fourth-order valence-corrected chi connectivity index (χ4v) is 1.87. The number of rotatable bonds is 7. The van der Waals surface area contributed by atoms with Gasteiger partial charge in [0.05, 0.1) is 0 Å². The lowest BCUT2D eigenvalue weighted by Gasteiger charge is -2.26. The normalized spacial score (nSPS) is 14.3. The van der Waals surface area contributed by atoms with Gasteiger partial charge in [0, 0.05) is 13.0 Å². The highest BCUT2D eigenvalue weighted by atomic mass is 16.5. The van der Waals surface area contributed by atoms with E-state index in [1.54, 1.807) is 0 Å². The molecule has 0 aromatic heterocycles. The van der Waals surface area contributed by atoms with Crippen LogP contribution in [0, 0.1) is 0 Å². The van der Waals surface area contributed by atoms with Crippen LogP contribution in [0.2, 0.25) is 0 Å². The zero-order valence-electron chi connectivity index (χ0n) is 11.0. The number of hydrogen-bond acceptors (Lipinski definition) is 2. The molecule has 2 heteroatoms. The molecule has 1 atom stereocenters. The summed E-state index contributed by atoms with van der Waals surface area (Å²) in [7, 11) is 0. The maximum Gasteiger partial charge on any atom is 0.164 e. The van der Waals surface area contributed by atoms with Gasteiger partial charge in [0.2, 0.25) is 0 Å². The van der Waals surface area contributed by atoms with Crippen LogP contribution in [-0.4, -0.2) is 18.0 Å². The summed E-state index contributed by atoms with van der Waals surface area (Å²) in [6.07, 6.45) is 2.07. The number of aryl methyl sites for hydroxylation is 1. The smallest absolute Gasteiger partial charge is 0.164 e. The lowest BCUT2D eigenvalue weighted by atomic mass is 9.93. The monoisotopic (exact) mass is 234 g/mol. The first-order valence-electron chi connectivity index (χ1n) is 6.33. The van der Waals surface area contributed by atoms with Crippen LogP contribution in [0.25, 0.3) is 0 Å². The molecule has 0 saturated heterocycles. The number of carbonyl (C=O) groups excluding carboxylic acids is 1. The molecule has 1 aromatic carbocycles. The number of ether oxygens (including phenoxy) is 1. The zero-order chi connectivity index (χ0) is 12.7. The largest absolute Gasteiger partial charge is 0.368 e. The van der Waals surface area contributed by atoms with E-state index in [1.165, 1.54) is 5.56 Å². The standard InChI is InChI=1S/C15H22O2/c1-4-15(3,17-5-2)14(16)12-11-13-9-7-6-8-10-13/h6-10H,4-5,11-12H2,1-3H3. The molecular weight excluding hydrogens is 212 g/mol.